The van der Waals surface area contributed by atoms with Crippen molar-refractivity contribution in [2.24, 2.45) is 0 Å². The maximum absolute atomic E-state index is 12.1. The Hall–Kier alpha value is -2.31. The van der Waals surface area contributed by atoms with Crippen molar-refractivity contribution < 1.29 is 9.90 Å². The number of pyridine rings is 1. The Labute approximate surface area is 146 Å². The fraction of sp³-hybridized carbons (Fsp3) is 0.294. The van der Waals surface area contributed by atoms with Crippen LogP contribution in [-0.2, 0) is 6.54 Å². The normalized spacial score (nSPS) is 11.7. The van der Waals surface area contributed by atoms with Crippen LogP contribution < -0.4 is 15.5 Å². The lowest BCUT2D eigenvalue weighted by Gasteiger charge is -2.18. The highest BCUT2D eigenvalue weighted by Gasteiger charge is 2.13. The predicted molar refractivity (Wildman–Crippen MR) is 95.2 cm³/mol. The van der Waals surface area contributed by atoms with Gasteiger partial charge in [0.05, 0.1) is 12.6 Å². The van der Waals surface area contributed by atoms with Crippen molar-refractivity contribution in [3.8, 4) is 0 Å². The molecule has 24 heavy (non-hydrogen) atoms. The SMILES string of the molecule is CN(C)c1cc(CNC(=O)NC(CO)c2ccc(Cl)cc2)ccn1. The highest BCUT2D eigenvalue weighted by molar-refractivity contribution is 6.30. The predicted octanol–water partition coefficient (Wildman–Crippen LogP) is 2.33. The quantitative estimate of drug-likeness (QED) is 0.748. The first-order valence-electron chi connectivity index (χ1n) is 7.52. The Morgan fingerprint density at radius 1 is 1.29 bits per heavy atom. The van der Waals surface area contributed by atoms with Crippen LogP contribution in [0, 0.1) is 0 Å². The first-order valence-corrected chi connectivity index (χ1v) is 7.90. The van der Waals surface area contributed by atoms with Crippen LogP contribution in [0.3, 0.4) is 0 Å². The van der Waals surface area contributed by atoms with Crippen molar-refractivity contribution in [3.63, 3.8) is 0 Å². The minimum Gasteiger partial charge on any atom is -0.394 e. The highest BCUT2D eigenvalue weighted by atomic mass is 35.5. The lowest BCUT2D eigenvalue weighted by atomic mass is 10.1. The van der Waals surface area contributed by atoms with Crippen LogP contribution in [0.4, 0.5) is 10.6 Å². The molecule has 1 heterocycles. The van der Waals surface area contributed by atoms with E-state index in [1.165, 1.54) is 0 Å². The zero-order valence-electron chi connectivity index (χ0n) is 13.7. The molecule has 0 fully saturated rings. The van der Waals surface area contributed by atoms with Crippen molar-refractivity contribution in [1.29, 1.82) is 0 Å². The Bertz CT molecular complexity index is 677. The van der Waals surface area contributed by atoms with E-state index in [1.807, 2.05) is 31.1 Å². The first kappa shape index (κ1) is 18.0. The number of carbonyl (C=O) groups is 1. The molecule has 2 amide bonds. The number of aromatic nitrogens is 1. The third-order valence-electron chi connectivity index (χ3n) is 3.48. The lowest BCUT2D eigenvalue weighted by Crippen LogP contribution is -2.38. The number of aliphatic hydroxyl groups is 1. The largest absolute Gasteiger partial charge is 0.394 e. The van der Waals surface area contributed by atoms with Gasteiger partial charge < -0.3 is 20.6 Å². The second kappa shape index (κ2) is 8.52. The molecule has 0 saturated carbocycles. The van der Waals surface area contributed by atoms with E-state index in [9.17, 15) is 9.90 Å². The molecular formula is C17H21ClN4O2. The average Bonchev–Trinajstić information content (AvgIpc) is 2.59. The second-order valence-corrected chi connectivity index (χ2v) is 5.97. The molecule has 3 N–H and O–H groups in total. The van der Waals surface area contributed by atoms with Crippen LogP contribution in [0.1, 0.15) is 17.2 Å². The number of nitrogens with zero attached hydrogens (tertiary/aromatic N) is 2. The number of amides is 2. The number of hydrogen-bond acceptors (Lipinski definition) is 4. The lowest BCUT2D eigenvalue weighted by molar-refractivity contribution is 0.216. The maximum atomic E-state index is 12.1. The molecule has 6 nitrogen and oxygen atoms in total. The summed E-state index contributed by atoms with van der Waals surface area (Å²) in [5.41, 5.74) is 1.73. The number of halogens is 1. The summed E-state index contributed by atoms with van der Waals surface area (Å²) in [6.45, 7) is 0.170. The number of nitrogens with one attached hydrogen (secondary N) is 2. The Morgan fingerprint density at radius 2 is 2.00 bits per heavy atom. The molecule has 0 spiro atoms. The second-order valence-electron chi connectivity index (χ2n) is 5.53. The van der Waals surface area contributed by atoms with Gasteiger partial charge in [0.2, 0.25) is 0 Å². The summed E-state index contributed by atoms with van der Waals surface area (Å²) < 4.78 is 0. The van der Waals surface area contributed by atoms with E-state index >= 15 is 0 Å². The van der Waals surface area contributed by atoms with Gasteiger partial charge >= 0.3 is 6.03 Å². The summed E-state index contributed by atoms with van der Waals surface area (Å²) in [6.07, 6.45) is 1.70. The highest BCUT2D eigenvalue weighted by Crippen LogP contribution is 2.16. The molecule has 0 bridgehead atoms. The standard InChI is InChI=1S/C17H21ClN4O2/c1-22(2)16-9-12(7-8-19-16)10-20-17(24)21-15(11-23)13-3-5-14(18)6-4-13/h3-9,15,23H,10-11H2,1-2H3,(H2,20,21,24). The van der Waals surface area contributed by atoms with Crippen LogP contribution in [0.2, 0.25) is 5.02 Å². The Balaban J connectivity index is 1.92. The minimum atomic E-state index is -0.489. The van der Waals surface area contributed by atoms with Crippen molar-refractivity contribution in [3.05, 3.63) is 58.7 Å². The van der Waals surface area contributed by atoms with Crippen molar-refractivity contribution in [1.82, 2.24) is 15.6 Å². The van der Waals surface area contributed by atoms with Gasteiger partial charge in [-0.05, 0) is 35.4 Å². The zero-order chi connectivity index (χ0) is 17.5. The van der Waals surface area contributed by atoms with Crippen molar-refractivity contribution >= 4 is 23.4 Å². The number of urea groups is 1. The maximum Gasteiger partial charge on any atom is 0.315 e. The number of anilines is 1. The van der Waals surface area contributed by atoms with Gasteiger partial charge in [-0.2, -0.15) is 0 Å². The van der Waals surface area contributed by atoms with E-state index in [2.05, 4.69) is 15.6 Å². The van der Waals surface area contributed by atoms with Gasteiger partial charge in [-0.15, -0.1) is 0 Å². The van der Waals surface area contributed by atoms with E-state index in [0.29, 0.717) is 11.6 Å². The molecule has 7 heteroatoms. The van der Waals surface area contributed by atoms with Gasteiger partial charge in [-0.25, -0.2) is 9.78 Å². The summed E-state index contributed by atoms with van der Waals surface area (Å²) in [5.74, 6) is 0.823. The smallest absolute Gasteiger partial charge is 0.315 e. The Morgan fingerprint density at radius 3 is 2.62 bits per heavy atom. The van der Waals surface area contributed by atoms with Gasteiger partial charge in [0.1, 0.15) is 5.82 Å². The number of benzene rings is 1. The number of hydrogen-bond donors (Lipinski definition) is 3. The molecule has 2 rings (SSSR count). The number of rotatable bonds is 6. The van der Waals surface area contributed by atoms with Gasteiger partial charge in [0.25, 0.3) is 0 Å². The molecule has 0 aliphatic rings. The molecular weight excluding hydrogens is 328 g/mol. The summed E-state index contributed by atoms with van der Waals surface area (Å²) in [5, 5.41) is 15.6. The summed E-state index contributed by atoms with van der Waals surface area (Å²) in [4.78, 5) is 18.2. The van der Waals surface area contributed by atoms with Gasteiger partial charge in [0.15, 0.2) is 0 Å². The van der Waals surface area contributed by atoms with Crippen molar-refractivity contribution in [2.75, 3.05) is 25.6 Å². The fourth-order valence-corrected chi connectivity index (χ4v) is 2.26. The van der Waals surface area contributed by atoms with Crippen LogP contribution in [0.25, 0.3) is 0 Å². The number of aliphatic hydroxyl groups excluding tert-OH is 1. The zero-order valence-corrected chi connectivity index (χ0v) is 14.4. The Kier molecular flexibility index (Phi) is 6.40. The van der Waals surface area contributed by atoms with E-state index < -0.39 is 6.04 Å². The molecule has 1 aromatic heterocycles. The molecule has 1 atom stereocenters. The first-order chi connectivity index (χ1) is 11.5. The molecule has 0 saturated heterocycles. The van der Waals surface area contributed by atoms with Crippen LogP contribution in [0.5, 0.6) is 0 Å². The van der Waals surface area contributed by atoms with Crippen LogP contribution >= 0.6 is 11.6 Å². The number of carbonyl (C=O) groups excluding carboxylic acids is 1. The molecule has 1 unspecified atom stereocenters. The molecule has 0 aliphatic heterocycles. The topological polar surface area (TPSA) is 77.5 Å². The molecule has 0 aliphatic carbocycles. The van der Waals surface area contributed by atoms with E-state index in [0.717, 1.165) is 16.9 Å². The summed E-state index contributed by atoms with van der Waals surface area (Å²) >= 11 is 5.85. The van der Waals surface area contributed by atoms with Gasteiger partial charge in [-0.3, -0.25) is 0 Å². The van der Waals surface area contributed by atoms with E-state index in [4.69, 9.17) is 11.6 Å². The summed E-state index contributed by atoms with van der Waals surface area (Å²) in [7, 11) is 3.81. The third kappa shape index (κ3) is 5.11. The average molecular weight is 349 g/mol. The van der Waals surface area contributed by atoms with Gasteiger partial charge in [-0.1, -0.05) is 23.7 Å². The van der Waals surface area contributed by atoms with Crippen molar-refractivity contribution in [2.45, 2.75) is 12.6 Å². The minimum absolute atomic E-state index is 0.199. The van der Waals surface area contributed by atoms with Gasteiger partial charge in [0, 0.05) is 31.9 Å². The third-order valence-corrected chi connectivity index (χ3v) is 3.73. The van der Waals surface area contributed by atoms with E-state index in [1.54, 1.807) is 30.5 Å². The van der Waals surface area contributed by atoms with Crippen LogP contribution in [-0.4, -0.2) is 36.8 Å². The molecule has 0 radical (unpaired) electrons. The molecule has 2 aromatic rings. The fourth-order valence-electron chi connectivity index (χ4n) is 2.14. The monoisotopic (exact) mass is 348 g/mol. The molecule has 1 aromatic carbocycles. The van der Waals surface area contributed by atoms with Crippen LogP contribution in [0.15, 0.2) is 42.6 Å². The summed E-state index contributed by atoms with van der Waals surface area (Å²) in [6, 6.07) is 9.90. The molecule has 128 valence electrons. The van der Waals surface area contributed by atoms with E-state index in [-0.39, 0.29) is 12.6 Å².